The largest absolute Gasteiger partial charge is 0.392 e. The SMILES string of the molecule is CC1(O)CCN(c2cc(NC(=O)N3CCCc4cc(CO)c(C=O)nc43)ncc2C#N)CC1. The van der Waals surface area contributed by atoms with Gasteiger partial charge in [-0.3, -0.25) is 15.0 Å². The van der Waals surface area contributed by atoms with E-state index in [2.05, 4.69) is 21.4 Å². The molecule has 2 aliphatic heterocycles. The van der Waals surface area contributed by atoms with Gasteiger partial charge in [0.05, 0.1) is 23.5 Å². The average molecular weight is 450 g/mol. The Hall–Kier alpha value is -3.55. The van der Waals surface area contributed by atoms with Gasteiger partial charge in [-0.15, -0.1) is 0 Å². The number of pyridine rings is 2. The van der Waals surface area contributed by atoms with Crippen LogP contribution >= 0.6 is 0 Å². The van der Waals surface area contributed by atoms with Crippen LogP contribution in [0.1, 0.15) is 53.4 Å². The van der Waals surface area contributed by atoms with E-state index in [0.29, 0.717) is 80.1 Å². The van der Waals surface area contributed by atoms with Crippen LogP contribution < -0.4 is 15.1 Å². The number of amides is 2. The molecule has 10 nitrogen and oxygen atoms in total. The van der Waals surface area contributed by atoms with E-state index in [4.69, 9.17) is 0 Å². The number of aldehydes is 1. The number of urea groups is 1. The third-order valence-corrected chi connectivity index (χ3v) is 6.22. The molecule has 2 aromatic rings. The molecule has 4 rings (SSSR count). The van der Waals surface area contributed by atoms with Crippen molar-refractivity contribution in [2.24, 2.45) is 0 Å². The fourth-order valence-electron chi connectivity index (χ4n) is 4.25. The Morgan fingerprint density at radius 2 is 2.09 bits per heavy atom. The van der Waals surface area contributed by atoms with Crippen LogP contribution in [0.25, 0.3) is 0 Å². The van der Waals surface area contributed by atoms with Gasteiger partial charge in [-0.25, -0.2) is 14.8 Å². The highest BCUT2D eigenvalue weighted by molar-refractivity contribution is 6.01. The summed E-state index contributed by atoms with van der Waals surface area (Å²) < 4.78 is 0. The number of anilines is 3. The summed E-state index contributed by atoms with van der Waals surface area (Å²) in [6.07, 6.45) is 4.56. The van der Waals surface area contributed by atoms with Crippen molar-refractivity contribution in [3.63, 3.8) is 0 Å². The summed E-state index contributed by atoms with van der Waals surface area (Å²) in [5, 5.41) is 32.0. The fourth-order valence-corrected chi connectivity index (χ4v) is 4.25. The maximum atomic E-state index is 13.1. The van der Waals surface area contributed by atoms with E-state index >= 15 is 0 Å². The number of piperidine rings is 1. The molecule has 0 spiro atoms. The lowest BCUT2D eigenvalue weighted by Crippen LogP contribution is -2.43. The minimum Gasteiger partial charge on any atom is -0.392 e. The smallest absolute Gasteiger partial charge is 0.328 e. The Labute approximate surface area is 191 Å². The molecule has 0 aromatic carbocycles. The second-order valence-electron chi connectivity index (χ2n) is 8.66. The van der Waals surface area contributed by atoms with E-state index in [9.17, 15) is 25.1 Å². The Balaban J connectivity index is 1.58. The normalized spacial score (nSPS) is 17.2. The van der Waals surface area contributed by atoms with Gasteiger partial charge in [-0.2, -0.15) is 5.26 Å². The first-order valence-electron chi connectivity index (χ1n) is 10.9. The van der Waals surface area contributed by atoms with E-state index in [1.54, 1.807) is 19.1 Å². The molecule has 1 saturated heterocycles. The number of aryl methyl sites for hydroxylation is 1. The molecule has 172 valence electrons. The molecule has 0 atom stereocenters. The monoisotopic (exact) mass is 450 g/mol. The number of hydrogen-bond donors (Lipinski definition) is 3. The molecule has 0 radical (unpaired) electrons. The number of nitriles is 1. The predicted molar refractivity (Wildman–Crippen MR) is 121 cm³/mol. The lowest BCUT2D eigenvalue weighted by Gasteiger charge is -2.37. The summed E-state index contributed by atoms with van der Waals surface area (Å²) in [7, 11) is 0. The number of nitrogens with one attached hydrogen (secondary N) is 1. The number of aliphatic hydroxyl groups is 2. The Morgan fingerprint density at radius 1 is 1.33 bits per heavy atom. The van der Waals surface area contributed by atoms with Crippen LogP contribution in [0.2, 0.25) is 0 Å². The zero-order chi connectivity index (χ0) is 23.6. The van der Waals surface area contributed by atoms with Crippen LogP contribution in [0, 0.1) is 11.3 Å². The molecule has 33 heavy (non-hydrogen) atoms. The van der Waals surface area contributed by atoms with Gasteiger partial charge in [0, 0.05) is 37.5 Å². The summed E-state index contributed by atoms with van der Waals surface area (Å²) >= 11 is 0. The van der Waals surface area contributed by atoms with Gasteiger partial charge in [-0.05, 0) is 44.2 Å². The molecule has 4 heterocycles. The van der Waals surface area contributed by atoms with Crippen LogP contribution in [0.3, 0.4) is 0 Å². The maximum Gasteiger partial charge on any atom is 0.328 e. The number of carbonyl (C=O) groups is 2. The van der Waals surface area contributed by atoms with E-state index in [0.717, 1.165) is 5.56 Å². The quantitative estimate of drug-likeness (QED) is 0.600. The van der Waals surface area contributed by atoms with Gasteiger partial charge in [0.2, 0.25) is 0 Å². The van der Waals surface area contributed by atoms with Crippen molar-refractivity contribution in [2.75, 3.05) is 34.8 Å². The number of aliphatic hydroxyl groups excluding tert-OH is 1. The summed E-state index contributed by atoms with van der Waals surface area (Å²) in [5.74, 6) is 0.686. The Morgan fingerprint density at radius 3 is 2.76 bits per heavy atom. The van der Waals surface area contributed by atoms with Gasteiger partial charge >= 0.3 is 6.03 Å². The van der Waals surface area contributed by atoms with Crippen molar-refractivity contribution in [3.8, 4) is 6.07 Å². The highest BCUT2D eigenvalue weighted by Gasteiger charge is 2.29. The van der Waals surface area contributed by atoms with Crippen LogP contribution in [0.15, 0.2) is 18.3 Å². The van der Waals surface area contributed by atoms with Crippen molar-refractivity contribution >= 4 is 29.6 Å². The molecule has 1 fully saturated rings. The lowest BCUT2D eigenvalue weighted by atomic mass is 9.93. The Bertz CT molecular complexity index is 1120. The van der Waals surface area contributed by atoms with E-state index in [-0.39, 0.29) is 12.3 Å². The number of hydrogen-bond acceptors (Lipinski definition) is 8. The van der Waals surface area contributed by atoms with Crippen LogP contribution in [-0.2, 0) is 13.0 Å². The third-order valence-electron chi connectivity index (χ3n) is 6.22. The first-order valence-corrected chi connectivity index (χ1v) is 10.9. The van der Waals surface area contributed by atoms with Gasteiger partial charge in [0.15, 0.2) is 6.29 Å². The molecular formula is C23H26N6O4. The highest BCUT2D eigenvalue weighted by Crippen LogP contribution is 2.31. The first kappa shape index (κ1) is 22.6. The number of nitrogens with zero attached hydrogens (tertiary/aromatic N) is 5. The second kappa shape index (κ2) is 9.13. The molecule has 0 unspecified atom stereocenters. The van der Waals surface area contributed by atoms with Crippen molar-refractivity contribution < 1.29 is 19.8 Å². The van der Waals surface area contributed by atoms with E-state index in [1.165, 1.54) is 11.1 Å². The van der Waals surface area contributed by atoms with Gasteiger partial charge in [0.1, 0.15) is 23.4 Å². The predicted octanol–water partition coefficient (Wildman–Crippen LogP) is 1.99. The third kappa shape index (κ3) is 4.65. The number of aromatic nitrogens is 2. The molecule has 2 aliphatic rings. The zero-order valence-electron chi connectivity index (χ0n) is 18.4. The minimum absolute atomic E-state index is 0.107. The maximum absolute atomic E-state index is 13.1. The molecule has 10 heteroatoms. The highest BCUT2D eigenvalue weighted by atomic mass is 16.3. The van der Waals surface area contributed by atoms with Crippen molar-refractivity contribution in [1.29, 1.82) is 5.26 Å². The number of carbonyl (C=O) groups excluding carboxylic acids is 2. The molecule has 0 saturated carbocycles. The van der Waals surface area contributed by atoms with Gasteiger partial charge in [-0.1, -0.05) is 0 Å². The molecule has 0 bridgehead atoms. The van der Waals surface area contributed by atoms with Crippen molar-refractivity contribution in [2.45, 2.75) is 44.8 Å². The topological polar surface area (TPSA) is 143 Å². The van der Waals surface area contributed by atoms with Gasteiger partial charge in [0.25, 0.3) is 0 Å². The number of fused-ring (bicyclic) bond motifs is 1. The number of rotatable bonds is 4. The van der Waals surface area contributed by atoms with Crippen LogP contribution in [-0.4, -0.2) is 57.7 Å². The van der Waals surface area contributed by atoms with E-state index in [1.807, 2.05) is 4.90 Å². The zero-order valence-corrected chi connectivity index (χ0v) is 18.4. The summed E-state index contributed by atoms with van der Waals surface area (Å²) in [5.41, 5.74) is 1.66. The summed E-state index contributed by atoms with van der Waals surface area (Å²) in [6, 6.07) is 5.08. The van der Waals surface area contributed by atoms with Gasteiger partial charge < -0.3 is 15.1 Å². The van der Waals surface area contributed by atoms with Crippen LogP contribution in [0.4, 0.5) is 22.1 Å². The van der Waals surface area contributed by atoms with Crippen LogP contribution in [0.5, 0.6) is 0 Å². The Kier molecular flexibility index (Phi) is 6.26. The summed E-state index contributed by atoms with van der Waals surface area (Å²) in [6.45, 7) is 3.10. The summed E-state index contributed by atoms with van der Waals surface area (Å²) in [4.78, 5) is 36.5. The first-order chi connectivity index (χ1) is 15.8. The average Bonchev–Trinajstić information content (AvgIpc) is 2.82. The molecule has 2 amide bonds. The molecule has 2 aromatic heterocycles. The lowest BCUT2D eigenvalue weighted by molar-refractivity contribution is 0.0351. The molecule has 3 N–H and O–H groups in total. The molecule has 0 aliphatic carbocycles. The van der Waals surface area contributed by atoms with Crippen molar-refractivity contribution in [3.05, 3.63) is 40.7 Å². The van der Waals surface area contributed by atoms with Crippen molar-refractivity contribution in [1.82, 2.24) is 9.97 Å². The fraction of sp³-hybridized carbons (Fsp3) is 0.435. The minimum atomic E-state index is -0.724. The second-order valence-corrected chi connectivity index (χ2v) is 8.66. The molecular weight excluding hydrogens is 424 g/mol. The van der Waals surface area contributed by atoms with E-state index < -0.39 is 11.6 Å². The standard InChI is InChI=1S/C23H26N6O4/c1-23(33)4-7-28(8-5-23)19-10-20(25-12-17(19)11-24)27-22(32)29-6-2-3-15-9-16(13-30)18(14-31)26-21(15)29/h9-10,12,14,30,33H,2-8,13H2,1H3,(H,25,27,32).